The molecular weight excluding hydrogens is 356 g/mol. The van der Waals surface area contributed by atoms with E-state index in [0.29, 0.717) is 30.0 Å². The Morgan fingerprint density at radius 3 is 2.68 bits per heavy atom. The van der Waals surface area contributed by atoms with E-state index in [9.17, 15) is 9.59 Å². The van der Waals surface area contributed by atoms with E-state index < -0.39 is 0 Å². The summed E-state index contributed by atoms with van der Waals surface area (Å²) in [6, 6.07) is 14.8. The van der Waals surface area contributed by atoms with E-state index in [1.54, 1.807) is 24.4 Å². The van der Waals surface area contributed by atoms with E-state index >= 15 is 0 Å². The zero-order chi connectivity index (χ0) is 19.9. The molecule has 0 fully saturated rings. The molecule has 3 aromatic rings. The van der Waals surface area contributed by atoms with E-state index in [1.165, 1.54) is 14.0 Å². The summed E-state index contributed by atoms with van der Waals surface area (Å²) in [5.41, 5.74) is 2.56. The molecule has 6 nitrogen and oxygen atoms in total. The maximum atomic E-state index is 12.1. The summed E-state index contributed by atoms with van der Waals surface area (Å²) in [4.78, 5) is 28.0. The van der Waals surface area contributed by atoms with E-state index in [-0.39, 0.29) is 18.3 Å². The van der Waals surface area contributed by atoms with Gasteiger partial charge in [-0.1, -0.05) is 24.3 Å². The lowest BCUT2D eigenvalue weighted by Gasteiger charge is -2.12. The van der Waals surface area contributed by atoms with Gasteiger partial charge in [0.25, 0.3) is 5.91 Å². The maximum absolute atomic E-state index is 12.1. The zero-order valence-corrected chi connectivity index (χ0v) is 15.9. The number of amides is 1. The van der Waals surface area contributed by atoms with Crippen LogP contribution in [0.25, 0.3) is 10.9 Å². The minimum Gasteiger partial charge on any atom is -0.493 e. The number of Topliss-reactive ketones (excluding diaryl/α,β-unsaturated/α-hetero) is 1. The molecule has 6 heteroatoms. The van der Waals surface area contributed by atoms with Gasteiger partial charge in [-0.2, -0.15) is 0 Å². The molecule has 0 bridgehead atoms. The summed E-state index contributed by atoms with van der Waals surface area (Å²) in [7, 11) is 1.49. The molecule has 1 N–H and O–H groups in total. The number of methoxy groups -OCH3 is 1. The fourth-order valence-electron chi connectivity index (χ4n) is 2.91. The monoisotopic (exact) mass is 378 g/mol. The summed E-state index contributed by atoms with van der Waals surface area (Å²) in [5.74, 6) is 0.541. The van der Waals surface area contributed by atoms with Crippen LogP contribution in [0.1, 0.15) is 22.8 Å². The molecule has 0 aliphatic rings. The Bertz CT molecular complexity index is 995. The van der Waals surface area contributed by atoms with Crippen LogP contribution in [0.5, 0.6) is 11.5 Å². The molecular formula is C22H22N2O4. The van der Waals surface area contributed by atoms with Crippen molar-refractivity contribution in [2.45, 2.75) is 13.3 Å². The highest BCUT2D eigenvalue weighted by Gasteiger charge is 2.10. The fraction of sp³-hybridized carbons (Fsp3) is 0.227. The Morgan fingerprint density at radius 1 is 1.07 bits per heavy atom. The lowest BCUT2D eigenvalue weighted by Crippen LogP contribution is -2.30. The van der Waals surface area contributed by atoms with Gasteiger partial charge < -0.3 is 14.8 Å². The summed E-state index contributed by atoms with van der Waals surface area (Å²) in [6.07, 6.45) is 2.44. The standard InChI is InChI=1S/C22H22N2O4/c1-15(25)18-8-9-19(20(13-18)27-2)28-14-21(26)23-12-10-17-6-3-5-16-7-4-11-24-22(16)17/h3-9,11,13H,10,12,14H2,1-2H3,(H,23,26). The third kappa shape index (κ3) is 4.65. The van der Waals surface area contributed by atoms with E-state index in [4.69, 9.17) is 9.47 Å². The van der Waals surface area contributed by atoms with Crippen LogP contribution in [-0.2, 0) is 11.2 Å². The topological polar surface area (TPSA) is 77.5 Å². The van der Waals surface area contributed by atoms with Crippen molar-refractivity contribution in [2.24, 2.45) is 0 Å². The molecule has 2 aromatic carbocycles. The van der Waals surface area contributed by atoms with Crippen LogP contribution in [0.4, 0.5) is 0 Å². The van der Waals surface area contributed by atoms with Crippen LogP contribution in [0, 0.1) is 0 Å². The Kier molecular flexibility index (Phi) is 6.22. The Labute approximate surface area is 163 Å². The number of nitrogens with zero attached hydrogens (tertiary/aromatic N) is 1. The minimum atomic E-state index is -0.231. The maximum Gasteiger partial charge on any atom is 0.257 e. The molecule has 1 amide bonds. The van der Waals surface area contributed by atoms with Gasteiger partial charge in [0.15, 0.2) is 23.9 Å². The van der Waals surface area contributed by atoms with Crippen molar-refractivity contribution >= 4 is 22.6 Å². The molecule has 0 radical (unpaired) electrons. The van der Waals surface area contributed by atoms with Crippen LogP contribution >= 0.6 is 0 Å². The van der Waals surface area contributed by atoms with Crippen LogP contribution < -0.4 is 14.8 Å². The third-order valence-electron chi connectivity index (χ3n) is 4.36. The number of pyridine rings is 1. The van der Waals surface area contributed by atoms with Crippen LogP contribution in [0.3, 0.4) is 0 Å². The Balaban J connectivity index is 1.53. The minimum absolute atomic E-state index is 0.0643. The molecule has 0 saturated heterocycles. The van der Waals surface area contributed by atoms with Crippen molar-refractivity contribution in [1.29, 1.82) is 0 Å². The molecule has 0 saturated carbocycles. The summed E-state index contributed by atoms with van der Waals surface area (Å²) < 4.78 is 10.8. The second-order valence-corrected chi connectivity index (χ2v) is 6.30. The molecule has 1 heterocycles. The SMILES string of the molecule is COc1cc(C(C)=O)ccc1OCC(=O)NCCc1cccc2cccnc12. The number of aromatic nitrogens is 1. The first-order chi connectivity index (χ1) is 13.6. The highest BCUT2D eigenvalue weighted by molar-refractivity contribution is 5.94. The quantitative estimate of drug-likeness (QED) is 0.609. The average Bonchev–Trinajstić information content (AvgIpc) is 2.72. The fourth-order valence-corrected chi connectivity index (χ4v) is 2.91. The molecule has 0 aliphatic carbocycles. The predicted octanol–water partition coefficient (Wildman–Crippen LogP) is 3.18. The summed E-state index contributed by atoms with van der Waals surface area (Å²) in [5, 5.41) is 3.93. The second kappa shape index (κ2) is 8.99. The number of fused-ring (bicyclic) bond motifs is 1. The van der Waals surface area contributed by atoms with E-state index in [1.807, 2.05) is 30.3 Å². The number of ether oxygens (including phenoxy) is 2. The van der Waals surface area contributed by atoms with Crippen LogP contribution in [0.15, 0.2) is 54.7 Å². The first-order valence-corrected chi connectivity index (χ1v) is 8.99. The van der Waals surface area contributed by atoms with Gasteiger partial charge in [-0.25, -0.2) is 0 Å². The molecule has 0 atom stereocenters. The third-order valence-corrected chi connectivity index (χ3v) is 4.36. The summed E-state index contributed by atoms with van der Waals surface area (Å²) >= 11 is 0. The highest BCUT2D eigenvalue weighted by atomic mass is 16.5. The number of rotatable bonds is 8. The molecule has 0 unspecified atom stereocenters. The average molecular weight is 378 g/mol. The van der Waals surface area contributed by atoms with Crippen molar-refractivity contribution in [3.8, 4) is 11.5 Å². The van der Waals surface area contributed by atoms with Gasteiger partial charge in [0.05, 0.1) is 12.6 Å². The van der Waals surface area contributed by atoms with Crippen molar-refractivity contribution in [3.05, 3.63) is 65.9 Å². The lowest BCUT2D eigenvalue weighted by molar-refractivity contribution is -0.123. The molecule has 1 aromatic heterocycles. The van der Waals surface area contributed by atoms with Gasteiger partial charge in [0.1, 0.15) is 0 Å². The molecule has 144 valence electrons. The summed E-state index contributed by atoms with van der Waals surface area (Å²) in [6.45, 7) is 1.83. The normalized spacial score (nSPS) is 10.5. The van der Waals surface area contributed by atoms with E-state index in [2.05, 4.69) is 10.3 Å². The number of carbonyl (C=O) groups excluding carboxylic acids is 2. The number of hydrogen-bond donors (Lipinski definition) is 1. The van der Waals surface area contributed by atoms with Gasteiger partial charge in [-0.05, 0) is 43.2 Å². The van der Waals surface area contributed by atoms with Gasteiger partial charge in [-0.3, -0.25) is 14.6 Å². The van der Waals surface area contributed by atoms with Crippen molar-refractivity contribution in [1.82, 2.24) is 10.3 Å². The smallest absolute Gasteiger partial charge is 0.257 e. The van der Waals surface area contributed by atoms with Gasteiger partial charge in [-0.15, -0.1) is 0 Å². The van der Waals surface area contributed by atoms with Gasteiger partial charge in [0, 0.05) is 23.7 Å². The number of carbonyl (C=O) groups is 2. The zero-order valence-electron chi connectivity index (χ0n) is 15.9. The van der Waals surface area contributed by atoms with Crippen molar-refractivity contribution in [3.63, 3.8) is 0 Å². The Hall–Kier alpha value is -3.41. The number of nitrogens with one attached hydrogen (secondary N) is 1. The Morgan fingerprint density at radius 2 is 1.89 bits per heavy atom. The lowest BCUT2D eigenvalue weighted by atomic mass is 10.1. The van der Waals surface area contributed by atoms with E-state index in [0.717, 1.165) is 16.5 Å². The number of para-hydroxylation sites is 1. The van der Waals surface area contributed by atoms with Gasteiger partial charge >= 0.3 is 0 Å². The second-order valence-electron chi connectivity index (χ2n) is 6.30. The molecule has 0 aliphatic heterocycles. The van der Waals surface area contributed by atoms with Gasteiger partial charge in [0.2, 0.25) is 0 Å². The van der Waals surface area contributed by atoms with Crippen molar-refractivity contribution in [2.75, 3.05) is 20.3 Å². The van der Waals surface area contributed by atoms with Crippen LogP contribution in [0.2, 0.25) is 0 Å². The molecule has 3 rings (SSSR count). The molecule has 28 heavy (non-hydrogen) atoms. The van der Waals surface area contributed by atoms with Crippen molar-refractivity contribution < 1.29 is 19.1 Å². The number of ketones is 1. The van der Waals surface area contributed by atoms with Crippen LogP contribution in [-0.4, -0.2) is 36.9 Å². The number of benzene rings is 2. The first-order valence-electron chi connectivity index (χ1n) is 8.99. The largest absolute Gasteiger partial charge is 0.493 e. The molecule has 0 spiro atoms. The first kappa shape index (κ1) is 19.4. The number of hydrogen-bond acceptors (Lipinski definition) is 5. The highest BCUT2D eigenvalue weighted by Crippen LogP contribution is 2.28. The predicted molar refractivity (Wildman–Crippen MR) is 107 cm³/mol.